The van der Waals surface area contributed by atoms with Crippen molar-refractivity contribution < 1.29 is 36.8 Å². The molecule has 0 radical (unpaired) electrons. The van der Waals surface area contributed by atoms with Crippen LogP contribution in [0.2, 0.25) is 0 Å². The Hall–Kier alpha value is -2.49. The Balaban J connectivity index is 2.69. The summed E-state index contributed by atoms with van der Waals surface area (Å²) in [6, 6.07) is 0.700. The maximum Gasteiger partial charge on any atom is 0.349 e. The van der Waals surface area contributed by atoms with Gasteiger partial charge in [0.15, 0.2) is 0 Å². The van der Waals surface area contributed by atoms with Crippen LogP contribution in [-0.2, 0) is 19.1 Å². The van der Waals surface area contributed by atoms with Crippen molar-refractivity contribution >= 4 is 42.1 Å². The molecule has 1 aliphatic heterocycles. The Kier molecular flexibility index (Phi) is 5.33. The van der Waals surface area contributed by atoms with Crippen molar-refractivity contribution in [3.05, 3.63) is 37.3 Å². The SMILES string of the molecule is C=S(C)(C)(O[N+](=O)c1cc([N+](=O)[O-])cc([N+](=O)[O-])c1S(=O)(=O)[O-])C1CCCO1. The lowest BCUT2D eigenvalue weighted by Gasteiger charge is -2.38. The molecular weight excluding hydrogens is 422 g/mol. The topological polar surface area (TPSA) is 182 Å². The van der Waals surface area contributed by atoms with E-state index >= 15 is 0 Å². The summed E-state index contributed by atoms with van der Waals surface area (Å²) >= 11 is 0. The van der Waals surface area contributed by atoms with Crippen LogP contribution < -0.4 is 0 Å². The van der Waals surface area contributed by atoms with Crippen molar-refractivity contribution in [3.63, 3.8) is 0 Å². The fourth-order valence-electron chi connectivity index (χ4n) is 2.65. The molecule has 1 fully saturated rings. The first kappa shape index (κ1) is 21.8. The summed E-state index contributed by atoms with van der Waals surface area (Å²) in [6.07, 6.45) is 4.09. The van der Waals surface area contributed by atoms with E-state index in [2.05, 4.69) is 5.87 Å². The summed E-state index contributed by atoms with van der Waals surface area (Å²) in [5.74, 6) is 3.88. The Labute approximate surface area is 158 Å². The molecule has 0 spiro atoms. The highest BCUT2D eigenvalue weighted by Crippen LogP contribution is 2.59. The highest BCUT2D eigenvalue weighted by Gasteiger charge is 2.45. The first-order chi connectivity index (χ1) is 12.6. The fourth-order valence-corrected chi connectivity index (χ4v) is 5.48. The molecule has 0 bridgehead atoms. The molecule has 1 aliphatic rings. The van der Waals surface area contributed by atoms with Gasteiger partial charge in [0, 0.05) is 6.61 Å². The predicted octanol–water partition coefficient (Wildman–Crippen LogP) is 1.83. The van der Waals surface area contributed by atoms with Gasteiger partial charge < -0.3 is 9.29 Å². The van der Waals surface area contributed by atoms with Crippen LogP contribution in [0.15, 0.2) is 17.0 Å². The Bertz CT molecular complexity index is 1040. The molecule has 15 heteroatoms. The van der Waals surface area contributed by atoms with Crippen LogP contribution in [0.3, 0.4) is 0 Å². The van der Waals surface area contributed by atoms with E-state index in [1.54, 1.807) is 0 Å². The summed E-state index contributed by atoms with van der Waals surface area (Å²) in [7, 11) is -8.95. The second-order valence-electron chi connectivity index (χ2n) is 6.73. The number of non-ortho nitro benzene ring substituents is 1. The van der Waals surface area contributed by atoms with Gasteiger partial charge in [0.1, 0.15) is 21.6 Å². The number of benzene rings is 1. The molecule has 1 heterocycles. The van der Waals surface area contributed by atoms with Crippen LogP contribution in [0.1, 0.15) is 12.8 Å². The molecule has 1 unspecified atom stereocenters. The molecule has 13 nitrogen and oxygen atoms in total. The number of hydrogen-bond acceptors (Lipinski definition) is 10. The smallest absolute Gasteiger partial charge is 0.349 e. The van der Waals surface area contributed by atoms with Crippen molar-refractivity contribution in [2.45, 2.75) is 23.2 Å². The highest BCUT2D eigenvalue weighted by atomic mass is 32.3. The number of nitro benzene ring substituents is 2. The maximum absolute atomic E-state index is 12.6. The lowest BCUT2D eigenvalue weighted by Crippen LogP contribution is -2.27. The Morgan fingerprint density at radius 3 is 2.18 bits per heavy atom. The van der Waals surface area contributed by atoms with Gasteiger partial charge in [-0.1, -0.05) is 5.87 Å². The maximum atomic E-state index is 12.6. The van der Waals surface area contributed by atoms with Crippen molar-refractivity contribution in [2.24, 2.45) is 0 Å². The van der Waals surface area contributed by atoms with Crippen LogP contribution in [0.5, 0.6) is 0 Å². The molecule has 0 aromatic heterocycles. The molecule has 156 valence electrons. The zero-order chi connectivity index (χ0) is 21.5. The minimum absolute atomic E-state index is 0.280. The third-order valence-corrected chi connectivity index (χ3v) is 7.46. The Morgan fingerprint density at radius 1 is 1.18 bits per heavy atom. The van der Waals surface area contributed by atoms with Crippen LogP contribution in [0.25, 0.3) is 0 Å². The number of nitro groups is 2. The van der Waals surface area contributed by atoms with E-state index < -0.39 is 61.3 Å². The van der Waals surface area contributed by atoms with Gasteiger partial charge in [0.25, 0.3) is 10.6 Å². The zero-order valence-electron chi connectivity index (χ0n) is 14.8. The molecule has 2 rings (SSSR count). The van der Waals surface area contributed by atoms with Crippen molar-refractivity contribution in [2.75, 3.05) is 19.1 Å². The number of ether oxygens (including phenoxy) is 1. The molecule has 1 aromatic rings. The second kappa shape index (κ2) is 6.84. The van der Waals surface area contributed by atoms with Gasteiger partial charge >= 0.3 is 11.4 Å². The van der Waals surface area contributed by atoms with Gasteiger partial charge in [0.2, 0.25) is 4.90 Å². The quantitative estimate of drug-likeness (QED) is 0.263. The zero-order valence-corrected chi connectivity index (χ0v) is 16.4. The van der Waals surface area contributed by atoms with Gasteiger partial charge in [-0.2, -0.15) is 4.28 Å². The standard InChI is InChI=1S/C13H17N3O10S2/c1-28(2,3,12-5-4-6-25-12)26-16(21)11-8-9(14(17)18)7-10(15(19)20)13(11)27(22,23)24/h7-8,12H,1,4-6H2,2-3H3. The molecule has 0 N–H and O–H groups in total. The van der Waals surface area contributed by atoms with E-state index in [1.165, 1.54) is 12.5 Å². The van der Waals surface area contributed by atoms with Crippen LogP contribution in [0, 0.1) is 25.1 Å². The van der Waals surface area contributed by atoms with E-state index in [4.69, 9.17) is 9.02 Å². The monoisotopic (exact) mass is 439 g/mol. The van der Waals surface area contributed by atoms with E-state index in [0.717, 1.165) is 0 Å². The number of hydrogen-bond donors (Lipinski definition) is 0. The van der Waals surface area contributed by atoms with Crippen molar-refractivity contribution in [1.82, 2.24) is 0 Å². The highest BCUT2D eigenvalue weighted by molar-refractivity contribution is 8.42. The molecule has 1 atom stereocenters. The van der Waals surface area contributed by atoms with Gasteiger partial charge in [-0.3, -0.25) is 20.2 Å². The minimum atomic E-state index is -5.57. The minimum Gasteiger partial charge on any atom is -0.744 e. The van der Waals surface area contributed by atoms with Gasteiger partial charge in [-0.15, -0.1) is 0 Å². The summed E-state index contributed by atoms with van der Waals surface area (Å²) in [5, 5.41) is 22.2. The number of nitrogens with zero attached hydrogens (tertiary/aromatic N) is 3. The van der Waals surface area contributed by atoms with Gasteiger partial charge in [-0.05, 0) is 34.4 Å². The third kappa shape index (κ3) is 4.32. The molecule has 0 amide bonds. The first-order valence-electron chi connectivity index (χ1n) is 7.57. The van der Waals surface area contributed by atoms with Crippen molar-refractivity contribution in [3.8, 4) is 0 Å². The normalized spacial score (nSPS) is 18.8. The van der Waals surface area contributed by atoms with Gasteiger partial charge in [0.05, 0.1) is 20.8 Å². The molecule has 0 aliphatic carbocycles. The lowest BCUT2D eigenvalue weighted by atomic mass is 10.2. The second-order valence-corrected chi connectivity index (χ2v) is 13.1. The van der Waals surface area contributed by atoms with Crippen molar-refractivity contribution in [1.29, 1.82) is 0 Å². The predicted molar refractivity (Wildman–Crippen MR) is 97.6 cm³/mol. The molecule has 1 saturated heterocycles. The van der Waals surface area contributed by atoms with E-state index in [9.17, 15) is 38.1 Å². The fraction of sp³-hybridized carbons (Fsp3) is 0.462. The summed E-state index contributed by atoms with van der Waals surface area (Å²) in [4.78, 5) is 30.5. The first-order valence-corrected chi connectivity index (χ1v) is 12.0. The van der Waals surface area contributed by atoms with E-state index in [1.807, 2.05) is 0 Å². The number of rotatable bonds is 7. The average molecular weight is 439 g/mol. The molecule has 0 saturated carbocycles. The third-order valence-electron chi connectivity index (χ3n) is 3.91. The Morgan fingerprint density at radius 2 is 1.75 bits per heavy atom. The summed E-state index contributed by atoms with van der Waals surface area (Å²) in [6.45, 7) is 0.388. The largest absolute Gasteiger partial charge is 0.744 e. The van der Waals surface area contributed by atoms with Crippen LogP contribution in [-0.4, -0.2) is 58.2 Å². The molecule has 1 aromatic carbocycles. The van der Waals surface area contributed by atoms with Crippen LogP contribution in [0.4, 0.5) is 17.1 Å². The van der Waals surface area contributed by atoms with Crippen LogP contribution >= 0.6 is 9.03 Å². The van der Waals surface area contributed by atoms with E-state index in [0.29, 0.717) is 25.5 Å². The lowest BCUT2D eigenvalue weighted by molar-refractivity contribution is -0.699. The molecule has 28 heavy (non-hydrogen) atoms. The summed E-state index contributed by atoms with van der Waals surface area (Å²) < 4.78 is 45.5. The summed E-state index contributed by atoms with van der Waals surface area (Å²) in [5.41, 5.74) is -4.15. The van der Waals surface area contributed by atoms with E-state index in [-0.39, 0.29) is 6.07 Å². The van der Waals surface area contributed by atoms with Gasteiger partial charge in [-0.25, -0.2) is 8.42 Å². The average Bonchev–Trinajstić information content (AvgIpc) is 3.07. The molecular formula is C13H17N3O10S2.